The number of benzene rings is 1. The number of halogens is 4. The predicted molar refractivity (Wildman–Crippen MR) is 67.8 cm³/mol. The van der Waals surface area contributed by atoms with Gasteiger partial charge in [-0.2, -0.15) is 0 Å². The molecular weight excluding hydrogens is 281 g/mol. The van der Waals surface area contributed by atoms with Crippen molar-refractivity contribution in [3.63, 3.8) is 0 Å². The lowest BCUT2D eigenvalue weighted by atomic mass is 10.2. The predicted octanol–water partition coefficient (Wildman–Crippen LogP) is 4.76. The quantitative estimate of drug-likeness (QED) is 0.508. The van der Waals surface area contributed by atoms with Gasteiger partial charge >= 0.3 is 6.36 Å². The van der Waals surface area contributed by atoms with Gasteiger partial charge in [0.15, 0.2) is 11.5 Å². The van der Waals surface area contributed by atoms with Crippen LogP contribution in [0.3, 0.4) is 0 Å². The fourth-order valence-electron chi connectivity index (χ4n) is 1.51. The molecule has 0 aliphatic heterocycles. The van der Waals surface area contributed by atoms with Crippen molar-refractivity contribution in [3.05, 3.63) is 24.3 Å². The van der Waals surface area contributed by atoms with Gasteiger partial charge in [-0.25, -0.2) is 0 Å². The summed E-state index contributed by atoms with van der Waals surface area (Å²) in [6.07, 6.45) is -1.06. The first-order valence-electron chi connectivity index (χ1n) is 6.06. The first-order chi connectivity index (χ1) is 9.03. The fourth-order valence-corrected chi connectivity index (χ4v) is 1.70. The Balaban J connectivity index is 2.40. The molecule has 0 radical (unpaired) electrons. The monoisotopic (exact) mass is 296 g/mol. The lowest BCUT2D eigenvalue weighted by Crippen LogP contribution is -2.17. The standard InChI is InChI=1S/C13H16ClF3O2/c14-9-5-1-2-6-10-18-11-7-3-4-8-12(11)19-13(15,16)17/h3-4,7-8H,1-2,5-6,9-10H2. The maximum absolute atomic E-state index is 12.2. The highest BCUT2D eigenvalue weighted by molar-refractivity contribution is 6.17. The highest BCUT2D eigenvalue weighted by Crippen LogP contribution is 2.31. The van der Waals surface area contributed by atoms with E-state index in [-0.39, 0.29) is 11.5 Å². The summed E-state index contributed by atoms with van der Waals surface area (Å²) in [7, 11) is 0. The maximum Gasteiger partial charge on any atom is 0.573 e. The molecule has 6 heteroatoms. The largest absolute Gasteiger partial charge is 0.573 e. The Morgan fingerprint density at radius 1 is 0.947 bits per heavy atom. The van der Waals surface area contributed by atoms with Crippen LogP contribution in [0.4, 0.5) is 13.2 Å². The minimum absolute atomic E-state index is 0.108. The van der Waals surface area contributed by atoms with E-state index in [2.05, 4.69) is 4.74 Å². The molecule has 1 rings (SSSR count). The molecule has 0 amide bonds. The van der Waals surface area contributed by atoms with Crippen LogP contribution in [0.5, 0.6) is 11.5 Å². The van der Waals surface area contributed by atoms with Crippen LogP contribution in [0.2, 0.25) is 0 Å². The van der Waals surface area contributed by atoms with Gasteiger partial charge in [0.2, 0.25) is 0 Å². The molecule has 0 fully saturated rings. The summed E-state index contributed by atoms with van der Waals surface area (Å²) >= 11 is 5.54. The zero-order valence-corrected chi connectivity index (χ0v) is 11.1. The summed E-state index contributed by atoms with van der Waals surface area (Å²) in [5.41, 5.74) is 0. The number of alkyl halides is 4. The Hall–Kier alpha value is -1.10. The molecule has 0 unspecified atom stereocenters. The zero-order chi connectivity index (χ0) is 14.1. The third-order valence-electron chi connectivity index (χ3n) is 2.36. The second-order valence-electron chi connectivity index (χ2n) is 3.95. The Bertz CT molecular complexity index is 369. The van der Waals surface area contributed by atoms with Crippen molar-refractivity contribution in [1.29, 1.82) is 0 Å². The minimum Gasteiger partial charge on any atom is -0.490 e. The number of rotatable bonds is 8. The van der Waals surface area contributed by atoms with Gasteiger partial charge in [-0.1, -0.05) is 25.0 Å². The van der Waals surface area contributed by atoms with Gasteiger partial charge in [0.05, 0.1) is 6.61 Å². The summed E-state index contributed by atoms with van der Waals surface area (Å²) in [6, 6.07) is 5.76. The molecule has 0 heterocycles. The van der Waals surface area contributed by atoms with Gasteiger partial charge in [0.1, 0.15) is 0 Å². The molecule has 0 saturated carbocycles. The van der Waals surface area contributed by atoms with Crippen LogP contribution in [0.15, 0.2) is 24.3 Å². The lowest BCUT2D eigenvalue weighted by molar-refractivity contribution is -0.275. The van der Waals surface area contributed by atoms with Crippen LogP contribution in [0, 0.1) is 0 Å². The molecule has 108 valence electrons. The molecular formula is C13H16ClF3O2. The molecule has 0 spiro atoms. The fraction of sp³-hybridized carbons (Fsp3) is 0.538. The van der Waals surface area contributed by atoms with Crippen molar-refractivity contribution in [1.82, 2.24) is 0 Å². The van der Waals surface area contributed by atoms with E-state index in [4.69, 9.17) is 16.3 Å². The average Bonchev–Trinajstić information content (AvgIpc) is 2.33. The van der Waals surface area contributed by atoms with E-state index in [1.807, 2.05) is 0 Å². The molecule has 0 aliphatic rings. The highest BCUT2D eigenvalue weighted by atomic mass is 35.5. The van der Waals surface area contributed by atoms with E-state index in [1.165, 1.54) is 18.2 Å². The molecule has 2 nitrogen and oxygen atoms in total. The number of ether oxygens (including phenoxy) is 2. The van der Waals surface area contributed by atoms with E-state index in [0.29, 0.717) is 12.5 Å². The molecule has 0 bridgehead atoms. The molecule has 19 heavy (non-hydrogen) atoms. The number of unbranched alkanes of at least 4 members (excludes halogenated alkanes) is 3. The number of para-hydroxylation sites is 2. The Morgan fingerprint density at radius 2 is 1.58 bits per heavy atom. The summed E-state index contributed by atoms with van der Waals surface area (Å²) in [5, 5.41) is 0. The van der Waals surface area contributed by atoms with E-state index >= 15 is 0 Å². The third kappa shape index (κ3) is 7.15. The maximum atomic E-state index is 12.2. The Morgan fingerprint density at radius 3 is 2.21 bits per heavy atom. The smallest absolute Gasteiger partial charge is 0.490 e. The van der Waals surface area contributed by atoms with E-state index in [9.17, 15) is 13.2 Å². The zero-order valence-electron chi connectivity index (χ0n) is 10.4. The van der Waals surface area contributed by atoms with Crippen molar-refractivity contribution >= 4 is 11.6 Å². The second-order valence-corrected chi connectivity index (χ2v) is 4.32. The van der Waals surface area contributed by atoms with Gasteiger partial charge in [0, 0.05) is 5.88 Å². The molecule has 0 atom stereocenters. The minimum atomic E-state index is -4.71. The number of hydrogen-bond acceptors (Lipinski definition) is 2. The highest BCUT2D eigenvalue weighted by Gasteiger charge is 2.32. The van der Waals surface area contributed by atoms with Crippen LogP contribution < -0.4 is 9.47 Å². The van der Waals surface area contributed by atoms with Gasteiger partial charge in [-0.05, 0) is 25.0 Å². The first-order valence-corrected chi connectivity index (χ1v) is 6.60. The molecule has 0 aromatic heterocycles. The summed E-state index contributed by atoms with van der Waals surface area (Å²) < 4.78 is 45.7. The van der Waals surface area contributed by atoms with E-state index in [1.54, 1.807) is 6.07 Å². The van der Waals surface area contributed by atoms with Gasteiger partial charge < -0.3 is 9.47 Å². The van der Waals surface area contributed by atoms with E-state index in [0.717, 1.165) is 25.7 Å². The van der Waals surface area contributed by atoms with Gasteiger partial charge in [-0.15, -0.1) is 24.8 Å². The molecule has 1 aromatic carbocycles. The van der Waals surface area contributed by atoms with Crippen LogP contribution in [-0.4, -0.2) is 18.8 Å². The first kappa shape index (κ1) is 16.0. The molecule has 0 N–H and O–H groups in total. The van der Waals surface area contributed by atoms with Crippen LogP contribution >= 0.6 is 11.6 Å². The Labute approximate surface area is 115 Å². The summed E-state index contributed by atoms with van der Waals surface area (Å²) in [5.74, 6) is 0.427. The topological polar surface area (TPSA) is 18.5 Å². The van der Waals surface area contributed by atoms with Gasteiger partial charge in [-0.3, -0.25) is 0 Å². The normalized spacial score (nSPS) is 11.4. The molecule has 1 aromatic rings. The van der Waals surface area contributed by atoms with Crippen molar-refractivity contribution in [3.8, 4) is 11.5 Å². The van der Waals surface area contributed by atoms with Crippen molar-refractivity contribution in [2.75, 3.05) is 12.5 Å². The van der Waals surface area contributed by atoms with Crippen molar-refractivity contribution < 1.29 is 22.6 Å². The third-order valence-corrected chi connectivity index (χ3v) is 2.63. The van der Waals surface area contributed by atoms with Crippen LogP contribution in [-0.2, 0) is 0 Å². The van der Waals surface area contributed by atoms with Gasteiger partial charge in [0.25, 0.3) is 0 Å². The van der Waals surface area contributed by atoms with Crippen LogP contribution in [0.1, 0.15) is 25.7 Å². The average molecular weight is 297 g/mol. The van der Waals surface area contributed by atoms with Crippen molar-refractivity contribution in [2.45, 2.75) is 32.0 Å². The SMILES string of the molecule is FC(F)(F)Oc1ccccc1OCCCCCCCl. The summed E-state index contributed by atoms with van der Waals surface area (Å²) in [6.45, 7) is 0.362. The second kappa shape index (κ2) is 8.15. The Kier molecular flexibility index (Phi) is 6.84. The lowest BCUT2D eigenvalue weighted by Gasteiger charge is -2.13. The number of hydrogen-bond donors (Lipinski definition) is 0. The van der Waals surface area contributed by atoms with Crippen LogP contribution in [0.25, 0.3) is 0 Å². The molecule has 0 aliphatic carbocycles. The van der Waals surface area contributed by atoms with Crippen molar-refractivity contribution in [2.24, 2.45) is 0 Å². The summed E-state index contributed by atoms with van der Waals surface area (Å²) in [4.78, 5) is 0. The molecule has 0 saturated heterocycles. The van der Waals surface area contributed by atoms with E-state index < -0.39 is 6.36 Å².